The molecule has 0 spiro atoms. The molecule has 1 aliphatic heterocycles. The van der Waals surface area contributed by atoms with Crippen LogP contribution in [0.25, 0.3) is 0 Å². The van der Waals surface area contributed by atoms with E-state index in [9.17, 15) is 0 Å². The Morgan fingerprint density at radius 1 is 0.414 bits per heavy atom. The van der Waals surface area contributed by atoms with Crippen LogP contribution in [0.2, 0.25) is 6.82 Å². The third-order valence-electron chi connectivity index (χ3n) is 6.42. The van der Waals surface area contributed by atoms with Gasteiger partial charge in [0.05, 0.1) is 0 Å². The van der Waals surface area contributed by atoms with E-state index in [1.165, 1.54) is 44.3 Å². The lowest BCUT2D eigenvalue weighted by atomic mass is 9.40. The average molecular weight is 372 g/mol. The van der Waals surface area contributed by atoms with Crippen molar-refractivity contribution in [1.82, 2.24) is 0 Å². The van der Waals surface area contributed by atoms with Crippen molar-refractivity contribution in [1.29, 1.82) is 0 Å². The maximum Gasteiger partial charge on any atom is 0.206 e. The van der Waals surface area contributed by atoms with E-state index in [0.717, 1.165) is 19.3 Å². The number of fused-ring (bicyclic) bond motifs is 4. The predicted octanol–water partition coefficient (Wildman–Crippen LogP) is 5.01. The topological polar surface area (TPSA) is 0 Å². The van der Waals surface area contributed by atoms with Crippen LogP contribution in [0.1, 0.15) is 33.4 Å². The van der Waals surface area contributed by atoms with Crippen molar-refractivity contribution >= 4 is 17.6 Å². The molecule has 0 amide bonds. The lowest BCUT2D eigenvalue weighted by Gasteiger charge is -2.21. The summed E-state index contributed by atoms with van der Waals surface area (Å²) in [5.41, 5.74) is 11.5. The van der Waals surface area contributed by atoms with Gasteiger partial charge >= 0.3 is 0 Å². The maximum absolute atomic E-state index is 2.36. The van der Waals surface area contributed by atoms with Gasteiger partial charge in [-0.1, -0.05) is 115 Å². The summed E-state index contributed by atoms with van der Waals surface area (Å²) in [6, 6.07) is 35.9. The molecular weight excluding hydrogens is 347 g/mol. The summed E-state index contributed by atoms with van der Waals surface area (Å²) in [5, 5.41) is 0. The summed E-state index contributed by atoms with van der Waals surface area (Å²) in [7, 11) is 0. The van der Waals surface area contributed by atoms with Crippen LogP contribution in [0.4, 0.5) is 0 Å². The highest BCUT2D eigenvalue weighted by Crippen LogP contribution is 2.22. The van der Waals surface area contributed by atoms with E-state index >= 15 is 0 Å². The number of hydrogen-bond acceptors (Lipinski definition) is 0. The molecule has 0 unspecified atom stereocenters. The summed E-state index contributed by atoms with van der Waals surface area (Å²) in [6.07, 6.45) is 2.97. The van der Waals surface area contributed by atoms with Gasteiger partial charge in [0.25, 0.3) is 0 Å². The van der Waals surface area contributed by atoms with Crippen molar-refractivity contribution in [2.45, 2.75) is 26.1 Å². The second-order valence-electron chi connectivity index (χ2n) is 8.19. The van der Waals surface area contributed by atoms with Crippen molar-refractivity contribution in [3.63, 3.8) is 0 Å². The molecule has 0 fully saturated rings. The summed E-state index contributed by atoms with van der Waals surface area (Å²) in [5.74, 6) is 0. The number of hydrogen-bond donors (Lipinski definition) is 0. The quantitative estimate of drug-likeness (QED) is 0.381. The van der Waals surface area contributed by atoms with Gasteiger partial charge in [0.2, 0.25) is 6.71 Å². The summed E-state index contributed by atoms with van der Waals surface area (Å²) in [6.45, 7) is 2.74. The standard InChI is InChI=1S/C28H25B/c1-29-27-16-8-6-14-25(27)19-23-12-4-2-10-21(23)18-22-11-3-5-13-24(22)20-26-15-7-9-17-28(26)29/h2-17H,18-20H2,1H3. The molecule has 0 nitrogen and oxygen atoms in total. The first-order chi connectivity index (χ1) is 14.3. The molecule has 1 heterocycles. The van der Waals surface area contributed by atoms with Crippen molar-refractivity contribution in [3.05, 3.63) is 130 Å². The van der Waals surface area contributed by atoms with Crippen molar-refractivity contribution < 1.29 is 0 Å². The van der Waals surface area contributed by atoms with Gasteiger partial charge in [-0.05, 0) is 52.6 Å². The van der Waals surface area contributed by atoms with E-state index in [1.54, 1.807) is 0 Å². The van der Waals surface area contributed by atoms with Crippen LogP contribution in [-0.4, -0.2) is 6.71 Å². The lowest BCUT2D eigenvalue weighted by molar-refractivity contribution is 1.05. The van der Waals surface area contributed by atoms with Gasteiger partial charge in [0.1, 0.15) is 0 Å². The Morgan fingerprint density at radius 3 is 1.07 bits per heavy atom. The molecule has 4 aromatic rings. The minimum absolute atomic E-state index is 0.376. The van der Waals surface area contributed by atoms with Crippen LogP contribution in [0, 0.1) is 0 Å². The van der Waals surface area contributed by atoms with Crippen LogP contribution in [0.5, 0.6) is 0 Å². The molecule has 0 N–H and O–H groups in total. The highest BCUT2D eigenvalue weighted by molar-refractivity contribution is 6.84. The summed E-state index contributed by atoms with van der Waals surface area (Å²) >= 11 is 0. The highest BCUT2D eigenvalue weighted by Gasteiger charge is 2.21. The van der Waals surface area contributed by atoms with E-state index in [0.29, 0.717) is 6.71 Å². The average Bonchev–Trinajstić information content (AvgIpc) is 2.76. The van der Waals surface area contributed by atoms with Gasteiger partial charge in [-0.2, -0.15) is 0 Å². The zero-order valence-corrected chi connectivity index (χ0v) is 16.9. The van der Waals surface area contributed by atoms with Crippen LogP contribution >= 0.6 is 0 Å². The fourth-order valence-corrected chi connectivity index (χ4v) is 4.82. The molecule has 140 valence electrons. The molecule has 4 aromatic carbocycles. The first-order valence-corrected chi connectivity index (χ1v) is 10.6. The smallest absolute Gasteiger partial charge is 0.0774 e. The molecule has 0 atom stereocenters. The number of benzene rings is 4. The minimum Gasteiger partial charge on any atom is -0.0774 e. The van der Waals surface area contributed by atoms with E-state index in [1.807, 2.05) is 0 Å². The zero-order valence-electron chi connectivity index (χ0n) is 16.9. The Morgan fingerprint density at radius 2 is 0.690 bits per heavy atom. The van der Waals surface area contributed by atoms with Gasteiger partial charge in [0, 0.05) is 0 Å². The first-order valence-electron chi connectivity index (χ1n) is 10.6. The molecule has 0 radical (unpaired) electrons. The Kier molecular flexibility index (Phi) is 4.81. The minimum atomic E-state index is 0.376. The summed E-state index contributed by atoms with van der Waals surface area (Å²) < 4.78 is 0. The van der Waals surface area contributed by atoms with Crippen LogP contribution in [0.15, 0.2) is 97.1 Å². The van der Waals surface area contributed by atoms with Crippen molar-refractivity contribution in [2.24, 2.45) is 0 Å². The molecule has 1 heteroatoms. The van der Waals surface area contributed by atoms with Gasteiger partial charge in [-0.25, -0.2) is 0 Å². The Hall–Kier alpha value is -3.06. The molecule has 0 saturated carbocycles. The molecule has 0 saturated heterocycles. The van der Waals surface area contributed by atoms with Crippen LogP contribution in [-0.2, 0) is 19.3 Å². The highest BCUT2D eigenvalue weighted by atomic mass is 14.2. The lowest BCUT2D eigenvalue weighted by Crippen LogP contribution is -2.43. The fraction of sp³-hybridized carbons (Fsp3) is 0.143. The molecule has 0 aliphatic carbocycles. The largest absolute Gasteiger partial charge is 0.206 e. The fourth-order valence-electron chi connectivity index (χ4n) is 4.82. The second kappa shape index (κ2) is 7.76. The molecule has 29 heavy (non-hydrogen) atoms. The van der Waals surface area contributed by atoms with Gasteiger partial charge in [0.15, 0.2) is 0 Å². The van der Waals surface area contributed by atoms with Gasteiger partial charge < -0.3 is 0 Å². The normalized spacial score (nSPS) is 13.2. The van der Waals surface area contributed by atoms with Crippen molar-refractivity contribution in [3.8, 4) is 0 Å². The Bertz CT molecular complexity index is 1070. The van der Waals surface area contributed by atoms with Gasteiger partial charge in [-0.15, -0.1) is 0 Å². The molecule has 0 aromatic heterocycles. The molecule has 0 bridgehead atoms. The first kappa shape index (κ1) is 18.0. The van der Waals surface area contributed by atoms with E-state index in [4.69, 9.17) is 0 Å². The Balaban J connectivity index is 1.74. The zero-order chi connectivity index (χ0) is 19.6. The predicted molar refractivity (Wildman–Crippen MR) is 125 cm³/mol. The summed E-state index contributed by atoms with van der Waals surface area (Å²) in [4.78, 5) is 0. The third kappa shape index (κ3) is 3.54. The number of rotatable bonds is 0. The monoisotopic (exact) mass is 372 g/mol. The molecule has 1 aliphatic rings. The second-order valence-corrected chi connectivity index (χ2v) is 8.19. The van der Waals surface area contributed by atoms with Crippen LogP contribution < -0.4 is 10.9 Å². The van der Waals surface area contributed by atoms with E-state index in [2.05, 4.69) is 104 Å². The molecule has 5 rings (SSSR count). The maximum atomic E-state index is 2.36. The van der Waals surface area contributed by atoms with Crippen molar-refractivity contribution in [2.75, 3.05) is 0 Å². The SMILES string of the molecule is CB1c2ccccc2Cc2ccccc2Cc2ccccc2Cc2ccccc21. The Labute approximate surface area is 174 Å². The molecular formula is C28H25B. The van der Waals surface area contributed by atoms with Gasteiger partial charge in [-0.3, -0.25) is 0 Å². The van der Waals surface area contributed by atoms with E-state index < -0.39 is 0 Å². The van der Waals surface area contributed by atoms with E-state index in [-0.39, 0.29) is 0 Å². The third-order valence-corrected chi connectivity index (χ3v) is 6.42. The van der Waals surface area contributed by atoms with Crippen LogP contribution in [0.3, 0.4) is 0 Å².